The summed E-state index contributed by atoms with van der Waals surface area (Å²) in [7, 11) is 0. The molecular formula is C21H16ClN3O2. The van der Waals surface area contributed by atoms with Crippen LogP contribution in [0.25, 0.3) is 16.7 Å². The average Bonchev–Trinajstić information content (AvgIpc) is 3.31. The summed E-state index contributed by atoms with van der Waals surface area (Å²) in [5.41, 5.74) is 2.92. The van der Waals surface area contributed by atoms with Crippen molar-refractivity contribution in [3.8, 4) is 0 Å². The molecule has 0 spiro atoms. The Morgan fingerprint density at radius 2 is 2.00 bits per heavy atom. The highest BCUT2D eigenvalue weighted by Crippen LogP contribution is 2.29. The molecule has 6 heteroatoms. The summed E-state index contributed by atoms with van der Waals surface area (Å²) in [6.45, 7) is 0.640. The summed E-state index contributed by atoms with van der Waals surface area (Å²) in [5, 5.41) is 18.3. The molecule has 4 rings (SSSR count). The van der Waals surface area contributed by atoms with Gasteiger partial charge in [0, 0.05) is 46.5 Å². The van der Waals surface area contributed by atoms with Crippen LogP contribution in [0, 0.1) is 0 Å². The molecule has 0 saturated carbocycles. The van der Waals surface area contributed by atoms with Crippen molar-refractivity contribution >= 4 is 34.0 Å². The molecule has 0 saturated heterocycles. The summed E-state index contributed by atoms with van der Waals surface area (Å²) < 4.78 is 2.03. The molecule has 5 nitrogen and oxygen atoms in total. The lowest BCUT2D eigenvalue weighted by molar-refractivity contribution is 0.104. The summed E-state index contributed by atoms with van der Waals surface area (Å²) in [6, 6.07) is 17.1. The minimum absolute atomic E-state index is 0.117. The van der Waals surface area contributed by atoms with E-state index in [1.807, 2.05) is 53.2 Å². The third kappa shape index (κ3) is 3.50. The molecule has 134 valence electrons. The van der Waals surface area contributed by atoms with Crippen LogP contribution >= 0.6 is 11.6 Å². The number of nitrogens with zero attached hydrogens (tertiary/aromatic N) is 2. The highest BCUT2D eigenvalue weighted by molar-refractivity contribution is 6.31. The third-order valence-electron chi connectivity index (χ3n) is 4.35. The number of carbonyl (C=O) groups excluding carboxylic acids is 1. The van der Waals surface area contributed by atoms with Crippen molar-refractivity contribution in [2.75, 3.05) is 0 Å². The average molecular weight is 378 g/mol. The van der Waals surface area contributed by atoms with Crippen LogP contribution in [-0.4, -0.2) is 25.7 Å². The lowest BCUT2D eigenvalue weighted by Gasteiger charge is -2.05. The number of halogens is 1. The molecule has 0 unspecified atom stereocenters. The second-order valence-corrected chi connectivity index (χ2v) is 6.62. The van der Waals surface area contributed by atoms with E-state index < -0.39 is 0 Å². The fraction of sp³-hybridized carbons (Fsp3) is 0.0476. The number of ketones is 1. The summed E-state index contributed by atoms with van der Waals surface area (Å²) in [4.78, 5) is 12.2. The minimum Gasteiger partial charge on any atom is -0.507 e. The second-order valence-electron chi connectivity index (χ2n) is 6.18. The Hall–Kier alpha value is -3.31. The first kappa shape index (κ1) is 17.1. The van der Waals surface area contributed by atoms with Crippen LogP contribution < -0.4 is 0 Å². The molecule has 0 radical (unpaired) electrons. The second kappa shape index (κ2) is 7.13. The molecule has 27 heavy (non-hydrogen) atoms. The van der Waals surface area contributed by atoms with E-state index in [9.17, 15) is 9.90 Å². The van der Waals surface area contributed by atoms with Gasteiger partial charge in [0.2, 0.25) is 5.78 Å². The Balaban J connectivity index is 1.78. The maximum absolute atomic E-state index is 12.2. The van der Waals surface area contributed by atoms with Crippen molar-refractivity contribution in [3.05, 3.63) is 94.9 Å². The highest BCUT2D eigenvalue weighted by atomic mass is 35.5. The zero-order valence-corrected chi connectivity index (χ0v) is 15.0. The predicted octanol–water partition coefficient (Wildman–Crippen LogP) is 4.85. The maximum Gasteiger partial charge on any atom is 0.207 e. The number of benzene rings is 2. The number of H-pyrrole nitrogens is 1. The van der Waals surface area contributed by atoms with Gasteiger partial charge in [-0.05, 0) is 29.8 Å². The van der Waals surface area contributed by atoms with Gasteiger partial charge in [0.1, 0.15) is 11.5 Å². The Morgan fingerprint density at radius 3 is 2.74 bits per heavy atom. The van der Waals surface area contributed by atoms with Gasteiger partial charge in [-0.25, -0.2) is 0 Å². The van der Waals surface area contributed by atoms with E-state index in [4.69, 9.17) is 11.6 Å². The molecular weight excluding hydrogens is 362 g/mol. The first-order valence-corrected chi connectivity index (χ1v) is 8.76. The Bertz CT molecular complexity index is 1130. The van der Waals surface area contributed by atoms with Gasteiger partial charge in [-0.3, -0.25) is 9.89 Å². The van der Waals surface area contributed by atoms with E-state index in [2.05, 4.69) is 10.2 Å². The van der Waals surface area contributed by atoms with Gasteiger partial charge in [-0.1, -0.05) is 41.9 Å². The van der Waals surface area contributed by atoms with Crippen LogP contribution in [0.1, 0.15) is 21.6 Å². The number of rotatable bonds is 5. The zero-order chi connectivity index (χ0) is 18.8. The Morgan fingerprint density at radius 1 is 1.19 bits per heavy atom. The zero-order valence-electron chi connectivity index (χ0n) is 14.3. The molecule has 2 aromatic carbocycles. The number of aliphatic hydroxyl groups excluding tert-OH is 1. The van der Waals surface area contributed by atoms with E-state index in [0.717, 1.165) is 16.5 Å². The number of hydrogen-bond donors (Lipinski definition) is 2. The van der Waals surface area contributed by atoms with E-state index in [0.29, 0.717) is 22.8 Å². The fourth-order valence-corrected chi connectivity index (χ4v) is 3.23. The molecule has 0 atom stereocenters. The van der Waals surface area contributed by atoms with Crippen LogP contribution in [-0.2, 0) is 6.54 Å². The summed E-state index contributed by atoms with van der Waals surface area (Å²) in [5.74, 6) is -0.468. The fourth-order valence-electron chi connectivity index (χ4n) is 3.06. The smallest absolute Gasteiger partial charge is 0.207 e. The Kier molecular flexibility index (Phi) is 4.52. The third-order valence-corrected chi connectivity index (χ3v) is 4.58. The molecule has 0 fully saturated rings. The van der Waals surface area contributed by atoms with Gasteiger partial charge in [0.15, 0.2) is 0 Å². The van der Waals surface area contributed by atoms with Crippen LogP contribution in [0.2, 0.25) is 5.02 Å². The molecule has 0 aliphatic heterocycles. The Labute approximate surface area is 160 Å². The molecule has 2 N–H and O–H groups in total. The molecule has 2 aromatic heterocycles. The van der Waals surface area contributed by atoms with Crippen molar-refractivity contribution in [3.63, 3.8) is 0 Å². The number of aromatic nitrogens is 3. The van der Waals surface area contributed by atoms with E-state index in [1.165, 1.54) is 12.3 Å². The molecule has 0 aliphatic rings. The van der Waals surface area contributed by atoms with E-state index in [-0.39, 0.29) is 11.5 Å². The first-order valence-electron chi connectivity index (χ1n) is 8.39. The monoisotopic (exact) mass is 377 g/mol. The topological polar surface area (TPSA) is 70.9 Å². The van der Waals surface area contributed by atoms with E-state index in [1.54, 1.807) is 12.1 Å². The van der Waals surface area contributed by atoms with Crippen molar-refractivity contribution in [1.82, 2.24) is 14.8 Å². The van der Waals surface area contributed by atoms with Gasteiger partial charge < -0.3 is 9.67 Å². The minimum atomic E-state index is -0.351. The lowest BCUT2D eigenvalue weighted by atomic mass is 10.1. The maximum atomic E-state index is 12.2. The highest BCUT2D eigenvalue weighted by Gasteiger charge is 2.15. The SMILES string of the molecule is O=C(/C=C(\O)c1cn(Cc2ccccc2)c2ccc(Cl)cc12)c1ccn[nH]1. The van der Waals surface area contributed by atoms with Crippen LogP contribution in [0.15, 0.2) is 73.1 Å². The van der Waals surface area contributed by atoms with E-state index >= 15 is 0 Å². The number of fused-ring (bicyclic) bond motifs is 1. The van der Waals surface area contributed by atoms with Gasteiger partial charge in [0.05, 0.1) is 0 Å². The molecule has 2 heterocycles. The number of allylic oxidation sites excluding steroid dienone is 1. The number of carbonyl (C=O) groups is 1. The lowest BCUT2D eigenvalue weighted by Crippen LogP contribution is -1.98. The van der Waals surface area contributed by atoms with Gasteiger partial charge >= 0.3 is 0 Å². The van der Waals surface area contributed by atoms with Crippen LogP contribution in [0.4, 0.5) is 0 Å². The summed E-state index contributed by atoms with van der Waals surface area (Å²) >= 11 is 6.16. The summed E-state index contributed by atoms with van der Waals surface area (Å²) in [6.07, 6.45) is 4.51. The van der Waals surface area contributed by atoms with Crippen molar-refractivity contribution in [1.29, 1.82) is 0 Å². The van der Waals surface area contributed by atoms with Gasteiger partial charge in [-0.15, -0.1) is 0 Å². The van der Waals surface area contributed by atoms with Crippen molar-refractivity contribution in [2.45, 2.75) is 6.54 Å². The molecule has 0 aliphatic carbocycles. The predicted molar refractivity (Wildman–Crippen MR) is 106 cm³/mol. The standard InChI is InChI=1S/C21H16ClN3O2/c22-15-6-7-19-16(10-15)17(13-25(19)12-14-4-2-1-3-5-14)20(26)11-21(27)18-8-9-23-24-18/h1-11,13,26H,12H2,(H,23,24)/b20-11-. The number of aromatic amines is 1. The molecule has 4 aromatic rings. The van der Waals surface area contributed by atoms with Gasteiger partial charge in [0.25, 0.3) is 0 Å². The quantitative estimate of drug-likeness (QED) is 0.297. The van der Waals surface area contributed by atoms with Crippen LogP contribution in [0.5, 0.6) is 0 Å². The number of hydrogen-bond acceptors (Lipinski definition) is 3. The largest absolute Gasteiger partial charge is 0.507 e. The van der Waals surface area contributed by atoms with Crippen molar-refractivity contribution in [2.24, 2.45) is 0 Å². The first-order chi connectivity index (χ1) is 13.1. The number of nitrogens with one attached hydrogen (secondary N) is 1. The van der Waals surface area contributed by atoms with Gasteiger partial charge in [-0.2, -0.15) is 5.10 Å². The normalized spacial score (nSPS) is 11.8. The van der Waals surface area contributed by atoms with Crippen LogP contribution in [0.3, 0.4) is 0 Å². The van der Waals surface area contributed by atoms with Crippen molar-refractivity contribution < 1.29 is 9.90 Å². The molecule has 0 amide bonds. The number of aliphatic hydroxyl groups is 1. The molecule has 0 bridgehead atoms.